The third kappa shape index (κ3) is 6.37. The van der Waals surface area contributed by atoms with Crippen molar-refractivity contribution in [2.45, 2.75) is 64.4 Å². The van der Waals surface area contributed by atoms with E-state index in [-0.39, 0.29) is 39.1 Å². The van der Waals surface area contributed by atoms with Gasteiger partial charge >= 0.3 is 17.1 Å². The Balaban J connectivity index is 0. The van der Waals surface area contributed by atoms with E-state index in [1.54, 1.807) is 0 Å². The zero-order valence-corrected chi connectivity index (χ0v) is 17.5. The van der Waals surface area contributed by atoms with E-state index >= 15 is 0 Å². The van der Waals surface area contributed by atoms with Gasteiger partial charge in [0.1, 0.15) is 0 Å². The van der Waals surface area contributed by atoms with E-state index in [4.69, 9.17) is 28.3 Å². The van der Waals surface area contributed by atoms with Gasteiger partial charge in [-0.2, -0.15) is 10.2 Å². The first-order valence-corrected chi connectivity index (χ1v) is 9.18. The number of carboxylic acid groups (broad SMARTS) is 1. The number of hydrogen-bond acceptors (Lipinski definition) is 5. The normalized spacial score (nSPS) is 35.8. The van der Waals surface area contributed by atoms with E-state index in [2.05, 4.69) is 17.1 Å². The van der Waals surface area contributed by atoms with Crippen molar-refractivity contribution in [3.63, 3.8) is 0 Å². The second kappa shape index (κ2) is 11.9. The van der Waals surface area contributed by atoms with Gasteiger partial charge in [0.15, 0.2) is 0 Å². The first-order valence-electron chi connectivity index (χ1n) is 8.77. The number of fused-ring (bicyclic) bond motifs is 4. The Kier molecular flexibility index (Phi) is 12.6. The summed E-state index contributed by atoms with van der Waals surface area (Å²) in [7, 11) is 0. The summed E-state index contributed by atoms with van der Waals surface area (Å²) >= 11 is 4.81. The maximum absolute atomic E-state index is 11.3. The van der Waals surface area contributed by atoms with Crippen LogP contribution in [-0.4, -0.2) is 43.6 Å². The van der Waals surface area contributed by atoms with E-state index in [0.29, 0.717) is 17.8 Å². The Morgan fingerprint density at radius 3 is 2.37 bits per heavy atom. The average Bonchev–Trinajstić information content (AvgIpc) is 2.50. The molecule has 2 bridgehead atoms. The fraction of sp³-hybridized carbons (Fsp3) is 0.824. The van der Waals surface area contributed by atoms with Crippen LogP contribution in [0.25, 0.3) is 0 Å². The maximum Gasteiger partial charge on any atom is 1.00 e. The van der Waals surface area contributed by atoms with Gasteiger partial charge < -0.3 is 39.5 Å². The van der Waals surface area contributed by atoms with Crippen LogP contribution in [-0.2, 0) is 34.5 Å². The first kappa shape index (κ1) is 28.4. The standard InChI is InChI=1S/C15H25N3OS.C2H4O2.Cu.2H2O/c1-9-10-5-4-7-12(13(10)17-18-14(16)20)15(19)8-3-2-6-11(9)15;1-2(3)4;;;/h9-12,19H,2-8H2,1H3,(H3,16,18,20);1H3,(H,3,4);;2*1H2/q;;+1;;/p-1/b17-13+;;;;. The van der Waals surface area contributed by atoms with Gasteiger partial charge in [-0.15, -0.1) is 0 Å². The van der Waals surface area contributed by atoms with Gasteiger partial charge in [-0.3, -0.25) is 4.79 Å². The number of carboxylic acids is 1. The van der Waals surface area contributed by atoms with Gasteiger partial charge in [-0.05, 0) is 42.7 Å². The molecule has 0 heterocycles. The Bertz CT molecular complexity index is 541. The number of carbonyl (C=O) groups is 1. The molecule has 0 aromatic rings. The molecule has 0 amide bonds. The summed E-state index contributed by atoms with van der Waals surface area (Å²) < 4.78 is 0. The van der Waals surface area contributed by atoms with E-state index < -0.39 is 11.6 Å². The molecule has 10 heteroatoms. The molecule has 5 atom stereocenters. The van der Waals surface area contributed by atoms with Gasteiger partial charge in [0.25, 0.3) is 5.97 Å². The summed E-state index contributed by atoms with van der Waals surface area (Å²) in [6.07, 6.45) is 7.82. The van der Waals surface area contributed by atoms with Crippen molar-refractivity contribution in [1.82, 2.24) is 0 Å². The molecule has 0 spiro atoms. The number of hydrogen-bond donors (Lipinski definition) is 3. The molecular weight excluding hydrogens is 422 g/mol. The zero-order chi connectivity index (χ0) is 17.9. The second-order valence-corrected chi connectivity index (χ2v) is 7.69. The van der Waals surface area contributed by atoms with Crippen molar-refractivity contribution >= 4 is 29.5 Å². The molecule has 0 aliphatic heterocycles. The summed E-state index contributed by atoms with van der Waals surface area (Å²) in [5, 5.41) is 27.1. The molecule has 0 aromatic carbocycles. The van der Waals surface area contributed by atoms with Crippen LogP contribution in [0, 0.1) is 23.7 Å². The average molecular weight is 454 g/mol. The molecule has 3 saturated carbocycles. The van der Waals surface area contributed by atoms with E-state index in [1.165, 1.54) is 12.8 Å². The SMILES string of the molecule is CC(=O)O.CC1C2CCCC(/C2=N/N=C(/N)[S-])C2(O)CCCCC12.O.O.[Cu+]. The molecule has 8 nitrogen and oxygen atoms in total. The summed E-state index contributed by atoms with van der Waals surface area (Å²) in [6, 6.07) is 0. The monoisotopic (exact) mass is 453 g/mol. The molecule has 3 rings (SSSR count). The van der Waals surface area contributed by atoms with Crippen molar-refractivity contribution in [1.29, 1.82) is 0 Å². The van der Waals surface area contributed by atoms with Crippen LogP contribution >= 0.6 is 0 Å². The van der Waals surface area contributed by atoms with Crippen molar-refractivity contribution in [3.8, 4) is 0 Å². The summed E-state index contributed by atoms with van der Waals surface area (Å²) in [5.74, 6) is 0.698. The predicted molar refractivity (Wildman–Crippen MR) is 104 cm³/mol. The molecular formula is C17H32CuN3O5S. The van der Waals surface area contributed by atoms with Crippen LogP contribution in [0.15, 0.2) is 10.2 Å². The molecule has 3 fully saturated rings. The fourth-order valence-electron chi connectivity index (χ4n) is 5.02. The Morgan fingerprint density at radius 2 is 1.81 bits per heavy atom. The van der Waals surface area contributed by atoms with Crippen molar-refractivity contribution in [2.75, 3.05) is 0 Å². The third-order valence-corrected chi connectivity index (χ3v) is 5.95. The van der Waals surface area contributed by atoms with Crippen LogP contribution < -0.4 is 5.73 Å². The Labute approximate surface area is 176 Å². The Hall–Kier alpha value is -0.771. The van der Waals surface area contributed by atoms with E-state index in [0.717, 1.165) is 44.7 Å². The second-order valence-electron chi connectivity index (χ2n) is 7.27. The number of nitrogens with zero attached hydrogens (tertiary/aromatic N) is 2. The smallest absolute Gasteiger partial charge is 0.741 e. The van der Waals surface area contributed by atoms with Crippen molar-refractivity contribution in [2.24, 2.45) is 39.6 Å². The van der Waals surface area contributed by atoms with Gasteiger partial charge in [0.05, 0.1) is 5.60 Å². The van der Waals surface area contributed by atoms with Crippen LogP contribution in [0.1, 0.15) is 58.8 Å². The van der Waals surface area contributed by atoms with Gasteiger partial charge in [-0.25, -0.2) is 0 Å². The minimum absolute atomic E-state index is 0. The number of aliphatic hydroxyl groups is 1. The number of aliphatic carboxylic acids is 1. The van der Waals surface area contributed by atoms with Gasteiger partial charge in [-0.1, -0.05) is 26.2 Å². The summed E-state index contributed by atoms with van der Waals surface area (Å²) in [5.41, 5.74) is 5.95. The molecule has 5 unspecified atom stereocenters. The zero-order valence-electron chi connectivity index (χ0n) is 15.7. The van der Waals surface area contributed by atoms with Gasteiger partial charge in [0, 0.05) is 24.5 Å². The topological polar surface area (TPSA) is 171 Å². The molecule has 3 aliphatic carbocycles. The molecule has 0 aromatic heterocycles. The van der Waals surface area contributed by atoms with Crippen LogP contribution in [0.3, 0.4) is 0 Å². The number of rotatable bonds is 1. The number of nitrogens with two attached hydrogens (primary N) is 1. The van der Waals surface area contributed by atoms with Crippen molar-refractivity contribution < 1.29 is 43.0 Å². The van der Waals surface area contributed by atoms with Crippen molar-refractivity contribution in [3.05, 3.63) is 0 Å². The molecule has 0 radical (unpaired) electrons. The molecule has 8 N–H and O–H groups in total. The fourth-order valence-corrected chi connectivity index (χ4v) is 5.06. The molecule has 162 valence electrons. The van der Waals surface area contributed by atoms with Crippen LogP contribution in [0.2, 0.25) is 0 Å². The summed E-state index contributed by atoms with van der Waals surface area (Å²) in [6.45, 7) is 3.36. The maximum atomic E-state index is 11.3. The molecule has 27 heavy (non-hydrogen) atoms. The quantitative estimate of drug-likeness (QED) is 0.173. The summed E-state index contributed by atoms with van der Waals surface area (Å²) in [4.78, 5) is 9.00. The predicted octanol–water partition coefficient (Wildman–Crippen LogP) is 0.630. The minimum atomic E-state index is -0.833. The number of amidine groups is 1. The van der Waals surface area contributed by atoms with Crippen LogP contribution in [0.5, 0.6) is 0 Å². The minimum Gasteiger partial charge on any atom is -0.741 e. The van der Waals surface area contributed by atoms with E-state index in [1.807, 2.05) is 0 Å². The van der Waals surface area contributed by atoms with Gasteiger partial charge in [0.2, 0.25) is 0 Å². The molecule has 3 aliphatic rings. The molecule has 0 saturated heterocycles. The third-order valence-electron chi connectivity index (χ3n) is 5.87. The van der Waals surface area contributed by atoms with E-state index in [9.17, 15) is 5.11 Å². The Morgan fingerprint density at radius 1 is 1.22 bits per heavy atom. The largest absolute Gasteiger partial charge is 1.00 e. The van der Waals surface area contributed by atoms with Crippen LogP contribution in [0.4, 0.5) is 0 Å². The first-order chi connectivity index (χ1) is 11.3.